The van der Waals surface area contributed by atoms with Gasteiger partial charge in [-0.1, -0.05) is 6.07 Å². The fraction of sp³-hybridized carbons (Fsp3) is 0.538. The summed E-state index contributed by atoms with van der Waals surface area (Å²) in [6.07, 6.45) is 0. The Hall–Kier alpha value is -1.11. The third-order valence-corrected chi connectivity index (χ3v) is 5.11. The maximum Gasteiger partial charge on any atom is 0.243 e. The van der Waals surface area contributed by atoms with Crippen LogP contribution in [0.5, 0.6) is 0 Å². The van der Waals surface area contributed by atoms with E-state index in [1.165, 1.54) is 10.4 Å². The topological polar surface area (TPSA) is 72.6 Å². The van der Waals surface area contributed by atoms with Crippen LogP contribution in [-0.4, -0.2) is 39.0 Å². The van der Waals surface area contributed by atoms with Gasteiger partial charge >= 0.3 is 0 Å². The van der Waals surface area contributed by atoms with Crippen molar-refractivity contribution in [2.24, 2.45) is 0 Å². The molecular weight excluding hydrogens is 264 g/mol. The lowest BCUT2D eigenvalue weighted by atomic mass is 10.2. The Balaban J connectivity index is 3.22. The molecule has 0 saturated heterocycles. The van der Waals surface area contributed by atoms with E-state index in [0.29, 0.717) is 24.4 Å². The fourth-order valence-electron chi connectivity index (χ4n) is 1.86. The molecule has 0 aliphatic rings. The van der Waals surface area contributed by atoms with E-state index in [0.717, 1.165) is 0 Å². The van der Waals surface area contributed by atoms with Gasteiger partial charge in [0.1, 0.15) is 0 Å². The van der Waals surface area contributed by atoms with Crippen LogP contribution in [0.3, 0.4) is 0 Å². The minimum atomic E-state index is -3.55. The second-order valence-electron chi connectivity index (χ2n) is 4.73. The number of anilines is 1. The number of sulfonamides is 1. The van der Waals surface area contributed by atoms with Crippen molar-refractivity contribution in [1.82, 2.24) is 4.31 Å². The number of ether oxygens (including phenoxy) is 1. The zero-order valence-electron chi connectivity index (χ0n) is 11.9. The summed E-state index contributed by atoms with van der Waals surface area (Å²) in [5, 5.41) is 0. The van der Waals surface area contributed by atoms with Gasteiger partial charge in [-0.3, -0.25) is 0 Å². The average Bonchev–Trinajstić information content (AvgIpc) is 2.32. The van der Waals surface area contributed by atoms with Gasteiger partial charge in [-0.05, 0) is 38.5 Å². The highest BCUT2D eigenvalue weighted by molar-refractivity contribution is 7.89. The Kier molecular flexibility index (Phi) is 5.34. The maximum atomic E-state index is 12.7. The zero-order valence-corrected chi connectivity index (χ0v) is 12.7. The lowest BCUT2D eigenvalue weighted by Crippen LogP contribution is -2.39. The van der Waals surface area contributed by atoms with Crippen molar-refractivity contribution in [2.75, 3.05) is 26.0 Å². The molecule has 1 aromatic carbocycles. The van der Waals surface area contributed by atoms with E-state index in [-0.39, 0.29) is 10.9 Å². The zero-order chi connectivity index (χ0) is 14.6. The number of rotatable bonds is 6. The highest BCUT2D eigenvalue weighted by Gasteiger charge is 2.28. The number of aryl methyl sites for hydroxylation is 1. The second kappa shape index (κ2) is 6.36. The van der Waals surface area contributed by atoms with Crippen molar-refractivity contribution in [2.45, 2.75) is 31.7 Å². The molecule has 0 amide bonds. The molecule has 0 aliphatic carbocycles. The molecule has 2 N–H and O–H groups in total. The molecule has 0 heterocycles. The molecule has 19 heavy (non-hydrogen) atoms. The summed E-state index contributed by atoms with van der Waals surface area (Å²) in [6, 6.07) is 4.79. The predicted molar refractivity (Wildman–Crippen MR) is 76.5 cm³/mol. The van der Waals surface area contributed by atoms with Gasteiger partial charge in [0.15, 0.2) is 0 Å². The van der Waals surface area contributed by atoms with Crippen LogP contribution in [0.1, 0.15) is 19.4 Å². The molecule has 0 aromatic heterocycles. The molecule has 5 nitrogen and oxygen atoms in total. The molecule has 0 saturated carbocycles. The van der Waals surface area contributed by atoms with E-state index in [4.69, 9.17) is 10.5 Å². The van der Waals surface area contributed by atoms with Crippen LogP contribution in [0.2, 0.25) is 0 Å². The molecule has 6 heteroatoms. The van der Waals surface area contributed by atoms with Crippen molar-refractivity contribution in [3.63, 3.8) is 0 Å². The Labute approximate surface area is 115 Å². The molecule has 1 rings (SSSR count). The SMILES string of the molecule is COCCN(C(C)C)S(=O)(=O)c1cc(N)ccc1C. The van der Waals surface area contributed by atoms with Gasteiger partial charge in [0.2, 0.25) is 10.0 Å². The summed E-state index contributed by atoms with van der Waals surface area (Å²) < 4.78 is 31.7. The first-order valence-corrected chi connectivity index (χ1v) is 7.61. The third-order valence-electron chi connectivity index (χ3n) is 2.89. The molecular formula is C13H22N2O3S. The molecule has 0 spiro atoms. The Morgan fingerprint density at radius 3 is 2.53 bits per heavy atom. The van der Waals surface area contributed by atoms with E-state index >= 15 is 0 Å². The quantitative estimate of drug-likeness (QED) is 0.807. The van der Waals surface area contributed by atoms with Crippen molar-refractivity contribution < 1.29 is 13.2 Å². The molecule has 0 atom stereocenters. The molecule has 1 aromatic rings. The number of nitrogens with two attached hydrogens (primary N) is 1. The van der Waals surface area contributed by atoms with Crippen LogP contribution in [0.25, 0.3) is 0 Å². The van der Waals surface area contributed by atoms with E-state index in [2.05, 4.69) is 0 Å². The number of nitrogens with zero attached hydrogens (tertiary/aromatic N) is 1. The largest absolute Gasteiger partial charge is 0.399 e. The molecule has 108 valence electrons. The van der Waals surface area contributed by atoms with Crippen LogP contribution in [0.4, 0.5) is 5.69 Å². The molecule has 0 bridgehead atoms. The lowest BCUT2D eigenvalue weighted by molar-refractivity contribution is 0.171. The van der Waals surface area contributed by atoms with E-state index in [9.17, 15) is 8.42 Å². The highest BCUT2D eigenvalue weighted by Crippen LogP contribution is 2.23. The smallest absolute Gasteiger partial charge is 0.243 e. The fourth-order valence-corrected chi connectivity index (χ4v) is 3.74. The molecule has 0 unspecified atom stereocenters. The van der Waals surface area contributed by atoms with Gasteiger partial charge in [0.05, 0.1) is 11.5 Å². The van der Waals surface area contributed by atoms with Crippen molar-refractivity contribution in [3.05, 3.63) is 23.8 Å². The molecule has 0 fully saturated rings. The second-order valence-corrected chi connectivity index (χ2v) is 6.59. The van der Waals surface area contributed by atoms with Crippen LogP contribution in [0.15, 0.2) is 23.1 Å². The summed E-state index contributed by atoms with van der Waals surface area (Å²) in [5.41, 5.74) is 6.83. The van der Waals surface area contributed by atoms with Crippen LogP contribution >= 0.6 is 0 Å². The Morgan fingerprint density at radius 1 is 1.37 bits per heavy atom. The minimum absolute atomic E-state index is 0.138. The summed E-state index contributed by atoms with van der Waals surface area (Å²) in [5.74, 6) is 0. The minimum Gasteiger partial charge on any atom is -0.399 e. The normalized spacial score (nSPS) is 12.3. The summed E-state index contributed by atoms with van der Waals surface area (Å²) >= 11 is 0. The van der Waals surface area contributed by atoms with Gasteiger partial charge < -0.3 is 10.5 Å². The van der Waals surface area contributed by atoms with Gasteiger partial charge in [-0.2, -0.15) is 4.31 Å². The third kappa shape index (κ3) is 3.68. The summed E-state index contributed by atoms with van der Waals surface area (Å²) in [7, 11) is -2.00. The average molecular weight is 286 g/mol. The number of nitrogen functional groups attached to an aromatic ring is 1. The first kappa shape index (κ1) is 15.9. The number of benzene rings is 1. The standard InChI is InChI=1S/C13H22N2O3S/c1-10(2)15(7-8-18-4)19(16,17)13-9-12(14)6-5-11(13)3/h5-6,9-10H,7-8,14H2,1-4H3. The number of hydrogen-bond donors (Lipinski definition) is 1. The summed E-state index contributed by atoms with van der Waals surface area (Å²) in [6.45, 7) is 6.13. The van der Waals surface area contributed by atoms with E-state index in [1.807, 2.05) is 13.8 Å². The van der Waals surface area contributed by atoms with Crippen LogP contribution in [0, 0.1) is 6.92 Å². The monoisotopic (exact) mass is 286 g/mol. The number of hydrogen-bond acceptors (Lipinski definition) is 4. The van der Waals surface area contributed by atoms with E-state index < -0.39 is 10.0 Å². The first-order valence-electron chi connectivity index (χ1n) is 6.17. The van der Waals surface area contributed by atoms with Gasteiger partial charge in [0, 0.05) is 25.4 Å². The molecule has 0 radical (unpaired) electrons. The number of methoxy groups -OCH3 is 1. The van der Waals surface area contributed by atoms with Gasteiger partial charge in [0.25, 0.3) is 0 Å². The Morgan fingerprint density at radius 2 is 2.00 bits per heavy atom. The predicted octanol–water partition coefficient (Wildman–Crippen LogP) is 1.62. The van der Waals surface area contributed by atoms with Crippen molar-refractivity contribution in [1.29, 1.82) is 0 Å². The summed E-state index contributed by atoms with van der Waals surface area (Å²) in [4.78, 5) is 0.261. The van der Waals surface area contributed by atoms with Gasteiger partial charge in [-0.15, -0.1) is 0 Å². The Bertz CT molecular complexity index is 527. The van der Waals surface area contributed by atoms with E-state index in [1.54, 1.807) is 26.2 Å². The van der Waals surface area contributed by atoms with Crippen molar-refractivity contribution in [3.8, 4) is 0 Å². The van der Waals surface area contributed by atoms with Crippen LogP contribution < -0.4 is 5.73 Å². The lowest BCUT2D eigenvalue weighted by Gasteiger charge is -2.26. The van der Waals surface area contributed by atoms with Crippen LogP contribution in [-0.2, 0) is 14.8 Å². The maximum absolute atomic E-state index is 12.7. The van der Waals surface area contributed by atoms with Gasteiger partial charge in [-0.25, -0.2) is 8.42 Å². The molecule has 0 aliphatic heterocycles. The van der Waals surface area contributed by atoms with Crippen molar-refractivity contribution >= 4 is 15.7 Å². The highest BCUT2D eigenvalue weighted by atomic mass is 32.2. The first-order chi connectivity index (χ1) is 8.80.